The maximum atomic E-state index is 13.4. The zero-order valence-corrected chi connectivity index (χ0v) is 26.1. The van der Waals surface area contributed by atoms with Crippen molar-refractivity contribution in [2.75, 3.05) is 51.1 Å². The summed E-state index contributed by atoms with van der Waals surface area (Å²) in [5, 5.41) is 19.3. The molecule has 240 valence electrons. The number of β-amino-alcohol motifs (C(OH)–C–C–N with tert-alkyl or cyclic N) is 1. The molecule has 7 rings (SSSR count). The Hall–Kier alpha value is -4.64. The van der Waals surface area contributed by atoms with Crippen LogP contribution in [0.3, 0.4) is 0 Å². The predicted molar refractivity (Wildman–Crippen MR) is 168 cm³/mol. The van der Waals surface area contributed by atoms with E-state index < -0.39 is 21.7 Å². The number of carbonyl (C=O) groups is 1. The molecule has 4 aromatic heterocycles. The number of anilines is 1. The van der Waals surface area contributed by atoms with Crippen LogP contribution in [0.15, 0.2) is 55.1 Å². The number of carbonyl (C=O) groups excluding carboxylic acids is 1. The summed E-state index contributed by atoms with van der Waals surface area (Å²) in [7, 11) is -1.87. The van der Waals surface area contributed by atoms with Crippen LogP contribution in [0, 0.1) is 0 Å². The number of methoxy groups -OCH3 is 1. The molecule has 0 radical (unpaired) electrons. The van der Waals surface area contributed by atoms with Crippen molar-refractivity contribution in [3.8, 4) is 22.7 Å². The summed E-state index contributed by atoms with van der Waals surface area (Å²) in [6, 6.07) is 9.01. The maximum Gasteiger partial charge on any atom is 0.416 e. The predicted octanol–water partition coefficient (Wildman–Crippen LogP) is 1.97. The van der Waals surface area contributed by atoms with E-state index in [1.165, 1.54) is 7.11 Å². The summed E-state index contributed by atoms with van der Waals surface area (Å²) in [6.45, 7) is 2.53. The molecule has 0 unspecified atom stereocenters. The number of amides is 1. The third kappa shape index (κ3) is 5.53. The van der Waals surface area contributed by atoms with Crippen molar-refractivity contribution in [3.63, 3.8) is 0 Å². The lowest BCUT2D eigenvalue weighted by molar-refractivity contribution is -0.00218. The van der Waals surface area contributed by atoms with Gasteiger partial charge >= 0.3 is 6.09 Å². The fraction of sp³-hybridized carbons (Fsp3) is 0.367. The molecule has 6 heterocycles. The molecule has 1 spiro atoms. The molecule has 0 bridgehead atoms. The average molecular weight is 648 g/mol. The SMILES string of the molecule is COc1cc(CNS(C)(=O)=O)ccc1-n1nc(N2CC3(CCN(CCO)CC3)OC2=O)c2cnc(-c3cnn4cccnc34)cc21. The highest BCUT2D eigenvalue weighted by atomic mass is 32.2. The Kier molecular flexibility index (Phi) is 7.59. The molecule has 2 saturated heterocycles. The minimum absolute atomic E-state index is 0.0846. The molecule has 0 atom stereocenters. The quantitative estimate of drug-likeness (QED) is 0.240. The number of piperidine rings is 1. The number of sulfonamides is 1. The first-order chi connectivity index (χ1) is 22.2. The van der Waals surface area contributed by atoms with Crippen LogP contribution in [0.2, 0.25) is 0 Å². The number of hydrogen-bond donors (Lipinski definition) is 2. The second kappa shape index (κ2) is 11.6. The Balaban J connectivity index is 1.32. The Morgan fingerprint density at radius 2 is 1.98 bits per heavy atom. The van der Waals surface area contributed by atoms with E-state index in [1.54, 1.807) is 63.1 Å². The Morgan fingerprint density at radius 3 is 2.74 bits per heavy atom. The summed E-state index contributed by atoms with van der Waals surface area (Å²) in [5.41, 5.74) is 3.25. The molecule has 2 aliphatic heterocycles. The van der Waals surface area contributed by atoms with Gasteiger partial charge in [0.2, 0.25) is 10.0 Å². The number of nitrogens with one attached hydrogen (secondary N) is 1. The molecule has 46 heavy (non-hydrogen) atoms. The normalized spacial score (nSPS) is 16.9. The number of nitrogens with zero attached hydrogens (tertiary/aromatic N) is 8. The highest BCUT2D eigenvalue weighted by Crippen LogP contribution is 2.40. The zero-order valence-electron chi connectivity index (χ0n) is 25.3. The van der Waals surface area contributed by atoms with Gasteiger partial charge in [-0.2, -0.15) is 5.10 Å². The number of pyridine rings is 1. The molecule has 2 aliphatic rings. The van der Waals surface area contributed by atoms with Gasteiger partial charge < -0.3 is 19.5 Å². The van der Waals surface area contributed by atoms with Gasteiger partial charge in [0, 0.05) is 57.6 Å². The summed E-state index contributed by atoms with van der Waals surface area (Å²) >= 11 is 0. The molecule has 15 nitrogen and oxygen atoms in total. The van der Waals surface area contributed by atoms with Gasteiger partial charge in [-0.25, -0.2) is 32.1 Å². The van der Waals surface area contributed by atoms with E-state index in [1.807, 2.05) is 6.07 Å². The van der Waals surface area contributed by atoms with Gasteiger partial charge in [0.05, 0.1) is 54.9 Å². The highest BCUT2D eigenvalue weighted by Gasteiger charge is 2.48. The summed E-state index contributed by atoms with van der Waals surface area (Å²) < 4.78 is 41.0. The molecule has 2 N–H and O–H groups in total. The smallest absolute Gasteiger partial charge is 0.416 e. The molecule has 1 aromatic carbocycles. The number of likely N-dealkylation sites (tertiary alicyclic amines) is 1. The van der Waals surface area contributed by atoms with Crippen molar-refractivity contribution >= 4 is 38.5 Å². The van der Waals surface area contributed by atoms with Crippen LogP contribution in [-0.4, -0.2) is 106 Å². The van der Waals surface area contributed by atoms with Crippen molar-refractivity contribution in [1.82, 2.24) is 39.0 Å². The standard InChI is InChI=1S/C30H33N9O6S/c1-44-26-14-20(16-34-46(2,42)43)4-5-24(26)39-25-15-23(21-18-33-38-9-3-8-31-27(21)38)32-17-22(25)28(35-39)37-19-30(45-29(37)41)6-10-36(11-7-30)12-13-40/h3-5,8-9,14-15,17-18,34,40H,6-7,10-13,16,19H2,1-2H3. The second-order valence-electron chi connectivity index (χ2n) is 11.6. The summed E-state index contributed by atoms with van der Waals surface area (Å²) in [5.74, 6) is 0.855. The van der Waals surface area contributed by atoms with Crippen LogP contribution in [-0.2, 0) is 21.3 Å². The first-order valence-corrected chi connectivity index (χ1v) is 16.7. The molecule has 0 aliphatic carbocycles. The number of aliphatic hydroxyl groups excluding tert-OH is 1. The summed E-state index contributed by atoms with van der Waals surface area (Å²) in [6.07, 6.45) is 8.81. The fourth-order valence-corrected chi connectivity index (χ4v) is 6.56. The van der Waals surface area contributed by atoms with Crippen LogP contribution in [0.5, 0.6) is 5.75 Å². The highest BCUT2D eigenvalue weighted by molar-refractivity contribution is 7.88. The van der Waals surface area contributed by atoms with Gasteiger partial charge in [0.15, 0.2) is 11.5 Å². The fourth-order valence-electron chi connectivity index (χ4n) is 6.13. The van der Waals surface area contributed by atoms with Gasteiger partial charge in [-0.05, 0) is 29.8 Å². The van der Waals surface area contributed by atoms with Gasteiger partial charge in [-0.3, -0.25) is 9.88 Å². The Bertz CT molecular complexity index is 2050. The number of hydrogen-bond acceptors (Lipinski definition) is 11. The van der Waals surface area contributed by atoms with E-state index in [0.29, 0.717) is 84.1 Å². The van der Waals surface area contributed by atoms with Gasteiger partial charge in [0.25, 0.3) is 0 Å². The molecular formula is C30H33N9O6S. The third-order valence-electron chi connectivity index (χ3n) is 8.52. The number of fused-ring (bicyclic) bond motifs is 2. The van der Waals surface area contributed by atoms with E-state index >= 15 is 0 Å². The number of ether oxygens (including phenoxy) is 2. The maximum absolute atomic E-state index is 13.4. The van der Waals surface area contributed by atoms with Crippen LogP contribution in [0.1, 0.15) is 18.4 Å². The largest absolute Gasteiger partial charge is 0.494 e. The number of rotatable bonds is 9. The van der Waals surface area contributed by atoms with Crippen LogP contribution in [0.25, 0.3) is 33.5 Å². The number of aromatic nitrogens is 6. The van der Waals surface area contributed by atoms with E-state index in [2.05, 4.69) is 19.7 Å². The molecule has 1 amide bonds. The van der Waals surface area contributed by atoms with E-state index in [0.717, 1.165) is 11.8 Å². The van der Waals surface area contributed by atoms with Crippen molar-refractivity contribution < 1.29 is 27.8 Å². The van der Waals surface area contributed by atoms with Gasteiger partial charge in [-0.1, -0.05) is 6.07 Å². The lowest BCUT2D eigenvalue weighted by atomic mass is 9.91. The lowest BCUT2D eigenvalue weighted by Gasteiger charge is -2.37. The van der Waals surface area contributed by atoms with Crippen molar-refractivity contribution in [1.29, 1.82) is 0 Å². The van der Waals surface area contributed by atoms with E-state index in [4.69, 9.17) is 19.6 Å². The Labute approximate surface area is 264 Å². The molecule has 2 fully saturated rings. The van der Waals surface area contributed by atoms with Crippen LogP contribution >= 0.6 is 0 Å². The first-order valence-electron chi connectivity index (χ1n) is 14.8. The van der Waals surface area contributed by atoms with Crippen molar-refractivity contribution in [2.45, 2.75) is 25.0 Å². The third-order valence-corrected chi connectivity index (χ3v) is 9.19. The second-order valence-corrected chi connectivity index (χ2v) is 13.4. The van der Waals surface area contributed by atoms with Crippen LogP contribution in [0.4, 0.5) is 10.6 Å². The lowest BCUT2D eigenvalue weighted by Crippen LogP contribution is -2.47. The van der Waals surface area contributed by atoms with Crippen molar-refractivity contribution in [2.24, 2.45) is 0 Å². The van der Waals surface area contributed by atoms with Gasteiger partial charge in [0.1, 0.15) is 17.0 Å². The monoisotopic (exact) mass is 647 g/mol. The number of aliphatic hydroxyl groups is 1. The van der Waals surface area contributed by atoms with Crippen LogP contribution < -0.4 is 14.4 Å². The number of benzene rings is 1. The first kappa shape index (κ1) is 30.0. The van der Waals surface area contributed by atoms with E-state index in [-0.39, 0.29) is 13.2 Å². The Morgan fingerprint density at radius 1 is 1.15 bits per heavy atom. The topological polar surface area (TPSA) is 169 Å². The van der Waals surface area contributed by atoms with Crippen molar-refractivity contribution in [3.05, 3.63) is 60.7 Å². The minimum Gasteiger partial charge on any atom is -0.494 e. The summed E-state index contributed by atoms with van der Waals surface area (Å²) in [4.78, 5) is 26.4. The molecule has 0 saturated carbocycles. The van der Waals surface area contributed by atoms with E-state index in [9.17, 15) is 18.3 Å². The molecule has 5 aromatic rings. The zero-order chi connectivity index (χ0) is 32.1. The van der Waals surface area contributed by atoms with Gasteiger partial charge in [-0.15, -0.1) is 5.10 Å². The molecule has 16 heteroatoms. The molecular weight excluding hydrogens is 614 g/mol. The minimum atomic E-state index is -3.39. The average Bonchev–Trinajstić information content (AvgIpc) is 3.74.